The number of carbonyl (C=O) groups is 2. The molecule has 0 saturated carbocycles. The van der Waals surface area contributed by atoms with Crippen LogP contribution in [0.5, 0.6) is 5.75 Å². The number of ether oxygens (including phenoxy) is 1. The number of benzene rings is 2. The van der Waals surface area contributed by atoms with E-state index in [2.05, 4.69) is 15.6 Å². The Morgan fingerprint density at radius 3 is 2.61 bits per heavy atom. The Hall–Kier alpha value is -3.61. The second-order valence-corrected chi connectivity index (χ2v) is 6.93. The summed E-state index contributed by atoms with van der Waals surface area (Å²) in [5.74, 6) is 0.288. The highest BCUT2D eigenvalue weighted by atomic mass is 16.5. The lowest BCUT2D eigenvalue weighted by Gasteiger charge is -2.33. The molecule has 1 aliphatic rings. The Morgan fingerprint density at radius 2 is 1.93 bits per heavy atom. The first-order chi connectivity index (χ1) is 13.4. The Morgan fingerprint density at radius 1 is 1.18 bits per heavy atom. The van der Waals surface area contributed by atoms with E-state index in [4.69, 9.17) is 4.74 Å². The zero-order valence-electron chi connectivity index (χ0n) is 15.8. The van der Waals surface area contributed by atoms with Crippen LogP contribution >= 0.6 is 0 Å². The molecule has 0 radical (unpaired) electrons. The molecular formula is C21H20N4O3. The number of hydrogen-bond acceptors (Lipinski definition) is 4. The van der Waals surface area contributed by atoms with E-state index in [1.807, 2.05) is 48.9 Å². The fraction of sp³-hybridized carbons (Fsp3) is 0.190. The van der Waals surface area contributed by atoms with Gasteiger partial charge >= 0.3 is 0 Å². The maximum atomic E-state index is 12.8. The quantitative estimate of drug-likeness (QED) is 0.688. The first kappa shape index (κ1) is 17.8. The predicted molar refractivity (Wildman–Crippen MR) is 106 cm³/mol. The highest BCUT2D eigenvalue weighted by molar-refractivity contribution is 6.19. The van der Waals surface area contributed by atoms with Crippen molar-refractivity contribution >= 4 is 23.2 Å². The smallest absolute Gasteiger partial charge is 0.278 e. The minimum Gasteiger partial charge on any atom is -0.466 e. The highest BCUT2D eigenvalue weighted by Crippen LogP contribution is 2.34. The van der Waals surface area contributed by atoms with E-state index in [0.717, 1.165) is 17.1 Å². The van der Waals surface area contributed by atoms with E-state index in [1.54, 1.807) is 24.4 Å². The van der Waals surface area contributed by atoms with Gasteiger partial charge in [0.05, 0.1) is 5.69 Å². The van der Waals surface area contributed by atoms with Gasteiger partial charge in [0.1, 0.15) is 11.6 Å². The van der Waals surface area contributed by atoms with Crippen LogP contribution in [0.1, 0.15) is 18.3 Å². The number of rotatable bonds is 3. The molecule has 1 unspecified atom stereocenters. The SMILES string of the molecule is Cc1ccc2c(c1)NC(=O)C(C)(C(=O)Nc1ccc(-n3ccnc3C)cc1)O2. The van der Waals surface area contributed by atoms with Gasteiger partial charge in [-0.3, -0.25) is 9.59 Å². The summed E-state index contributed by atoms with van der Waals surface area (Å²) in [6.07, 6.45) is 3.59. The van der Waals surface area contributed by atoms with Crippen LogP contribution in [0, 0.1) is 13.8 Å². The summed E-state index contributed by atoms with van der Waals surface area (Å²) in [5.41, 5.74) is 1.38. The molecule has 2 heterocycles. The monoisotopic (exact) mass is 376 g/mol. The summed E-state index contributed by atoms with van der Waals surface area (Å²) in [5, 5.41) is 5.52. The summed E-state index contributed by atoms with van der Waals surface area (Å²) in [6, 6.07) is 12.7. The molecular weight excluding hydrogens is 356 g/mol. The van der Waals surface area contributed by atoms with E-state index in [1.165, 1.54) is 6.92 Å². The number of fused-ring (bicyclic) bond motifs is 1. The Bertz CT molecular complexity index is 1070. The lowest BCUT2D eigenvalue weighted by atomic mass is 10.0. The van der Waals surface area contributed by atoms with Gasteiger partial charge in [-0.05, 0) is 62.7 Å². The largest absolute Gasteiger partial charge is 0.466 e. The van der Waals surface area contributed by atoms with Crippen LogP contribution in [0.25, 0.3) is 5.69 Å². The van der Waals surface area contributed by atoms with Crippen molar-refractivity contribution in [1.29, 1.82) is 0 Å². The summed E-state index contributed by atoms with van der Waals surface area (Å²) < 4.78 is 7.72. The van der Waals surface area contributed by atoms with Crippen molar-refractivity contribution in [1.82, 2.24) is 9.55 Å². The molecule has 7 heteroatoms. The number of anilines is 2. The molecule has 1 aliphatic heterocycles. The van der Waals surface area contributed by atoms with Crippen LogP contribution < -0.4 is 15.4 Å². The van der Waals surface area contributed by atoms with Gasteiger partial charge in [-0.2, -0.15) is 0 Å². The van der Waals surface area contributed by atoms with Gasteiger partial charge in [0, 0.05) is 23.8 Å². The fourth-order valence-electron chi connectivity index (χ4n) is 3.09. The van der Waals surface area contributed by atoms with Crippen molar-refractivity contribution < 1.29 is 14.3 Å². The van der Waals surface area contributed by atoms with Crippen molar-refractivity contribution in [3.05, 3.63) is 66.2 Å². The summed E-state index contributed by atoms with van der Waals surface area (Å²) >= 11 is 0. The average molecular weight is 376 g/mol. The number of nitrogens with zero attached hydrogens (tertiary/aromatic N) is 2. The number of nitrogens with one attached hydrogen (secondary N) is 2. The van der Waals surface area contributed by atoms with Gasteiger partial charge in [-0.25, -0.2) is 4.98 Å². The average Bonchev–Trinajstić information content (AvgIpc) is 3.09. The van der Waals surface area contributed by atoms with Crippen LogP contribution in [0.2, 0.25) is 0 Å². The third-order valence-corrected chi connectivity index (χ3v) is 4.79. The zero-order chi connectivity index (χ0) is 19.9. The molecule has 2 amide bonds. The van der Waals surface area contributed by atoms with Gasteiger partial charge < -0.3 is 19.9 Å². The molecule has 0 aliphatic carbocycles. The van der Waals surface area contributed by atoms with Gasteiger partial charge in [0.25, 0.3) is 17.4 Å². The maximum Gasteiger partial charge on any atom is 0.278 e. The van der Waals surface area contributed by atoms with Gasteiger partial charge in [-0.15, -0.1) is 0 Å². The van der Waals surface area contributed by atoms with Crippen LogP contribution in [0.3, 0.4) is 0 Å². The molecule has 1 atom stereocenters. The Balaban J connectivity index is 1.54. The summed E-state index contributed by atoms with van der Waals surface area (Å²) in [4.78, 5) is 29.6. The van der Waals surface area contributed by atoms with E-state index >= 15 is 0 Å². The molecule has 7 nitrogen and oxygen atoms in total. The number of aromatic nitrogens is 2. The van der Waals surface area contributed by atoms with E-state index in [0.29, 0.717) is 17.1 Å². The highest BCUT2D eigenvalue weighted by Gasteiger charge is 2.47. The van der Waals surface area contributed by atoms with Crippen LogP contribution in [0.4, 0.5) is 11.4 Å². The molecule has 2 N–H and O–H groups in total. The second kappa shape index (κ2) is 6.53. The maximum absolute atomic E-state index is 12.8. The van der Waals surface area contributed by atoms with Gasteiger partial charge in [0.15, 0.2) is 0 Å². The first-order valence-corrected chi connectivity index (χ1v) is 8.90. The van der Waals surface area contributed by atoms with Gasteiger partial charge in [-0.1, -0.05) is 6.07 Å². The normalized spacial score (nSPS) is 18.0. The molecule has 0 spiro atoms. The zero-order valence-corrected chi connectivity index (χ0v) is 15.8. The molecule has 28 heavy (non-hydrogen) atoms. The minimum absolute atomic E-state index is 0.466. The molecule has 2 aromatic carbocycles. The summed E-state index contributed by atoms with van der Waals surface area (Å²) in [7, 11) is 0. The van der Waals surface area contributed by atoms with Crippen molar-refractivity contribution in [2.24, 2.45) is 0 Å². The molecule has 0 saturated heterocycles. The Kier molecular flexibility index (Phi) is 4.15. The number of aryl methyl sites for hydroxylation is 2. The molecule has 142 valence electrons. The lowest BCUT2D eigenvalue weighted by Crippen LogP contribution is -2.56. The van der Waals surface area contributed by atoms with Crippen molar-refractivity contribution in [2.45, 2.75) is 26.4 Å². The van der Waals surface area contributed by atoms with E-state index in [-0.39, 0.29) is 0 Å². The number of imidazole rings is 1. The molecule has 0 fully saturated rings. The minimum atomic E-state index is -1.66. The number of amides is 2. The molecule has 0 bridgehead atoms. The number of hydrogen-bond donors (Lipinski definition) is 2. The standard InChI is InChI=1S/C21H20N4O3/c1-13-4-9-18-17(12-13)24-20(27)21(3,28-18)19(26)23-15-5-7-16(8-6-15)25-11-10-22-14(25)2/h4-12H,1-3H3,(H,23,26)(H,24,27). The molecule has 4 rings (SSSR count). The predicted octanol–water partition coefficient (Wildman–Crippen LogP) is 3.22. The summed E-state index contributed by atoms with van der Waals surface area (Å²) in [6.45, 7) is 5.29. The van der Waals surface area contributed by atoms with E-state index in [9.17, 15) is 9.59 Å². The second-order valence-electron chi connectivity index (χ2n) is 6.93. The molecule has 1 aromatic heterocycles. The van der Waals surface area contributed by atoms with Crippen molar-refractivity contribution in [3.8, 4) is 11.4 Å². The van der Waals surface area contributed by atoms with Crippen LogP contribution in [-0.2, 0) is 9.59 Å². The van der Waals surface area contributed by atoms with Gasteiger partial charge in [0.2, 0.25) is 0 Å². The number of carbonyl (C=O) groups excluding carboxylic acids is 2. The van der Waals surface area contributed by atoms with E-state index < -0.39 is 17.4 Å². The molecule has 3 aromatic rings. The Labute approximate surface area is 162 Å². The lowest BCUT2D eigenvalue weighted by molar-refractivity contribution is -0.143. The van der Waals surface area contributed by atoms with Crippen molar-refractivity contribution in [2.75, 3.05) is 10.6 Å². The fourth-order valence-corrected chi connectivity index (χ4v) is 3.09. The first-order valence-electron chi connectivity index (χ1n) is 8.90. The topological polar surface area (TPSA) is 85.3 Å². The van der Waals surface area contributed by atoms with Crippen LogP contribution in [-0.4, -0.2) is 27.0 Å². The van der Waals surface area contributed by atoms with Crippen LogP contribution in [0.15, 0.2) is 54.9 Å². The van der Waals surface area contributed by atoms with Crippen molar-refractivity contribution in [3.63, 3.8) is 0 Å². The third-order valence-electron chi connectivity index (χ3n) is 4.79. The third kappa shape index (κ3) is 3.00.